The van der Waals surface area contributed by atoms with Gasteiger partial charge in [0.2, 0.25) is 0 Å². The molecular weight excluding hydrogens is 392 g/mol. The highest BCUT2D eigenvalue weighted by molar-refractivity contribution is 5.92. The van der Waals surface area contributed by atoms with Gasteiger partial charge in [0.25, 0.3) is 5.91 Å². The van der Waals surface area contributed by atoms with E-state index in [9.17, 15) is 13.6 Å². The molecule has 0 atom stereocenters. The predicted molar refractivity (Wildman–Crippen MR) is 109 cm³/mol. The zero-order valence-corrected chi connectivity index (χ0v) is 16.3. The number of halogens is 2. The van der Waals surface area contributed by atoms with Gasteiger partial charge < -0.3 is 19.5 Å². The summed E-state index contributed by atoms with van der Waals surface area (Å²) >= 11 is 0. The number of alkyl halides is 2. The van der Waals surface area contributed by atoms with E-state index in [0.717, 1.165) is 11.1 Å². The Balaban J connectivity index is 1.63. The Morgan fingerprint density at radius 3 is 2.40 bits per heavy atom. The highest BCUT2D eigenvalue weighted by atomic mass is 19.3. The maximum atomic E-state index is 12.5. The van der Waals surface area contributed by atoms with Gasteiger partial charge in [-0.15, -0.1) is 0 Å². The van der Waals surface area contributed by atoms with Crippen LogP contribution < -0.4 is 19.5 Å². The molecule has 0 aliphatic heterocycles. The van der Waals surface area contributed by atoms with Gasteiger partial charge in [-0.1, -0.05) is 48.5 Å². The van der Waals surface area contributed by atoms with Gasteiger partial charge in [-0.3, -0.25) is 4.79 Å². The van der Waals surface area contributed by atoms with Crippen LogP contribution in [0.5, 0.6) is 17.2 Å². The van der Waals surface area contributed by atoms with Crippen LogP contribution in [0.15, 0.2) is 72.8 Å². The standard InChI is InChI=1S/C23H21F2NO4/c1-28-20-12-11-18(14-21(20)30-23(24)25)26-22(27)15-29-19-10-6-5-9-17(19)13-16-7-3-2-4-8-16/h2-12,14,23H,13,15H2,1H3,(H,26,27). The lowest BCUT2D eigenvalue weighted by Gasteiger charge is -2.13. The largest absolute Gasteiger partial charge is 0.493 e. The molecule has 1 amide bonds. The van der Waals surface area contributed by atoms with E-state index in [1.807, 2.05) is 48.5 Å². The summed E-state index contributed by atoms with van der Waals surface area (Å²) in [4.78, 5) is 12.3. The van der Waals surface area contributed by atoms with Crippen LogP contribution in [-0.4, -0.2) is 26.2 Å². The number of carbonyl (C=O) groups excluding carboxylic acids is 1. The normalized spacial score (nSPS) is 10.5. The predicted octanol–water partition coefficient (Wildman–Crippen LogP) is 4.90. The Bertz CT molecular complexity index is 980. The zero-order chi connectivity index (χ0) is 21.3. The molecule has 0 bridgehead atoms. The Hall–Kier alpha value is -3.61. The highest BCUT2D eigenvalue weighted by Gasteiger charge is 2.13. The summed E-state index contributed by atoms with van der Waals surface area (Å²) in [6.07, 6.45) is 0.672. The average Bonchev–Trinajstić information content (AvgIpc) is 2.74. The molecule has 0 radical (unpaired) electrons. The molecule has 0 aromatic heterocycles. The number of methoxy groups -OCH3 is 1. The van der Waals surface area contributed by atoms with Crippen molar-refractivity contribution in [1.82, 2.24) is 0 Å². The van der Waals surface area contributed by atoms with Crippen LogP contribution in [-0.2, 0) is 11.2 Å². The van der Waals surface area contributed by atoms with E-state index in [0.29, 0.717) is 12.2 Å². The fourth-order valence-corrected chi connectivity index (χ4v) is 2.89. The van der Waals surface area contributed by atoms with Gasteiger partial charge in [0.05, 0.1) is 7.11 Å². The first kappa shape index (κ1) is 21.1. The van der Waals surface area contributed by atoms with Crippen molar-refractivity contribution in [3.63, 3.8) is 0 Å². The number of hydrogen-bond donors (Lipinski definition) is 1. The van der Waals surface area contributed by atoms with Gasteiger partial charge in [0.15, 0.2) is 18.1 Å². The molecule has 1 N–H and O–H groups in total. The van der Waals surface area contributed by atoms with E-state index in [4.69, 9.17) is 9.47 Å². The minimum absolute atomic E-state index is 0.138. The Kier molecular flexibility index (Phi) is 7.21. The Labute approximate surface area is 173 Å². The maximum absolute atomic E-state index is 12.5. The lowest BCUT2D eigenvalue weighted by molar-refractivity contribution is -0.118. The second-order valence-electron chi connectivity index (χ2n) is 6.35. The molecule has 3 aromatic rings. The van der Waals surface area contributed by atoms with Crippen molar-refractivity contribution in [2.24, 2.45) is 0 Å². The second-order valence-corrected chi connectivity index (χ2v) is 6.35. The molecule has 0 saturated heterocycles. The molecule has 0 aliphatic rings. The molecule has 0 heterocycles. The van der Waals surface area contributed by atoms with Crippen LogP contribution >= 0.6 is 0 Å². The van der Waals surface area contributed by atoms with Crippen molar-refractivity contribution in [3.05, 3.63) is 83.9 Å². The number of anilines is 1. The van der Waals surface area contributed by atoms with E-state index in [1.54, 1.807) is 6.07 Å². The third-order valence-electron chi connectivity index (χ3n) is 4.23. The summed E-state index contributed by atoms with van der Waals surface area (Å²) in [6, 6.07) is 21.6. The van der Waals surface area contributed by atoms with E-state index in [1.165, 1.54) is 25.3 Å². The lowest BCUT2D eigenvalue weighted by Crippen LogP contribution is -2.20. The van der Waals surface area contributed by atoms with Crippen molar-refractivity contribution < 1.29 is 27.8 Å². The van der Waals surface area contributed by atoms with Crippen LogP contribution in [0.2, 0.25) is 0 Å². The first-order chi connectivity index (χ1) is 14.5. The summed E-state index contributed by atoms with van der Waals surface area (Å²) in [7, 11) is 1.34. The molecule has 30 heavy (non-hydrogen) atoms. The number of rotatable bonds is 9. The smallest absolute Gasteiger partial charge is 0.387 e. The van der Waals surface area contributed by atoms with Crippen molar-refractivity contribution in [3.8, 4) is 17.2 Å². The van der Waals surface area contributed by atoms with E-state index in [2.05, 4.69) is 10.1 Å². The van der Waals surface area contributed by atoms with E-state index >= 15 is 0 Å². The molecule has 7 heteroatoms. The molecule has 156 valence electrons. The van der Waals surface area contributed by atoms with Crippen molar-refractivity contribution in [2.75, 3.05) is 19.0 Å². The highest BCUT2D eigenvalue weighted by Crippen LogP contribution is 2.31. The number of benzene rings is 3. The maximum Gasteiger partial charge on any atom is 0.387 e. The number of ether oxygens (including phenoxy) is 3. The number of nitrogens with one attached hydrogen (secondary N) is 1. The molecular formula is C23H21F2NO4. The summed E-state index contributed by atoms with van der Waals surface area (Å²) < 4.78 is 40.2. The summed E-state index contributed by atoms with van der Waals surface area (Å²) in [5.41, 5.74) is 2.37. The van der Waals surface area contributed by atoms with Crippen LogP contribution in [0.3, 0.4) is 0 Å². The third-order valence-corrected chi connectivity index (χ3v) is 4.23. The van der Waals surface area contributed by atoms with Gasteiger partial charge >= 0.3 is 6.61 Å². The fraction of sp³-hybridized carbons (Fsp3) is 0.174. The first-order valence-corrected chi connectivity index (χ1v) is 9.22. The van der Waals surface area contributed by atoms with Crippen LogP contribution in [0.25, 0.3) is 0 Å². The fourth-order valence-electron chi connectivity index (χ4n) is 2.89. The first-order valence-electron chi connectivity index (χ1n) is 9.22. The summed E-state index contributed by atoms with van der Waals surface area (Å²) in [5.74, 6) is 0.143. The molecule has 0 fully saturated rings. The number of hydrogen-bond acceptors (Lipinski definition) is 4. The molecule has 0 unspecified atom stereocenters. The van der Waals surface area contributed by atoms with E-state index < -0.39 is 12.5 Å². The van der Waals surface area contributed by atoms with Gasteiger partial charge in [-0.2, -0.15) is 8.78 Å². The van der Waals surface area contributed by atoms with Crippen molar-refractivity contribution in [2.45, 2.75) is 13.0 Å². The summed E-state index contributed by atoms with van der Waals surface area (Å²) in [6.45, 7) is -3.24. The number of amides is 1. The SMILES string of the molecule is COc1ccc(NC(=O)COc2ccccc2Cc2ccccc2)cc1OC(F)F. The van der Waals surface area contributed by atoms with Crippen LogP contribution in [0.1, 0.15) is 11.1 Å². The molecule has 0 saturated carbocycles. The minimum atomic E-state index is -3.01. The van der Waals surface area contributed by atoms with Crippen LogP contribution in [0, 0.1) is 0 Å². The second kappa shape index (κ2) is 10.2. The Morgan fingerprint density at radius 1 is 0.933 bits per heavy atom. The lowest BCUT2D eigenvalue weighted by atomic mass is 10.0. The topological polar surface area (TPSA) is 56.8 Å². The molecule has 3 aromatic carbocycles. The molecule has 5 nitrogen and oxygen atoms in total. The van der Waals surface area contributed by atoms with Crippen molar-refractivity contribution in [1.29, 1.82) is 0 Å². The number of para-hydroxylation sites is 1. The Morgan fingerprint density at radius 2 is 1.67 bits per heavy atom. The van der Waals surface area contributed by atoms with E-state index in [-0.39, 0.29) is 23.8 Å². The minimum Gasteiger partial charge on any atom is -0.493 e. The molecule has 3 rings (SSSR count). The van der Waals surface area contributed by atoms with Gasteiger partial charge in [0, 0.05) is 18.2 Å². The summed E-state index contributed by atoms with van der Waals surface area (Å²) in [5, 5.41) is 2.60. The molecule has 0 spiro atoms. The molecule has 0 aliphatic carbocycles. The van der Waals surface area contributed by atoms with Crippen LogP contribution in [0.4, 0.5) is 14.5 Å². The number of carbonyl (C=O) groups is 1. The zero-order valence-electron chi connectivity index (χ0n) is 16.3. The third kappa shape index (κ3) is 5.94. The quantitative estimate of drug-likeness (QED) is 0.542. The van der Waals surface area contributed by atoms with Gasteiger partial charge in [-0.05, 0) is 29.3 Å². The van der Waals surface area contributed by atoms with Gasteiger partial charge in [0.1, 0.15) is 5.75 Å². The monoisotopic (exact) mass is 413 g/mol. The van der Waals surface area contributed by atoms with Gasteiger partial charge in [-0.25, -0.2) is 0 Å². The average molecular weight is 413 g/mol. The van der Waals surface area contributed by atoms with Crippen molar-refractivity contribution >= 4 is 11.6 Å².